The van der Waals surface area contributed by atoms with Gasteiger partial charge in [0.15, 0.2) is 17.4 Å². The van der Waals surface area contributed by atoms with Gasteiger partial charge in [0.2, 0.25) is 5.91 Å². The van der Waals surface area contributed by atoms with E-state index in [1.54, 1.807) is 38.2 Å². The third kappa shape index (κ3) is 5.95. The number of aliphatic hydroxyl groups is 1. The summed E-state index contributed by atoms with van der Waals surface area (Å²) in [5, 5.41) is 15.2. The van der Waals surface area contributed by atoms with Crippen LogP contribution in [0.1, 0.15) is 70.2 Å². The van der Waals surface area contributed by atoms with Gasteiger partial charge in [-0.05, 0) is 81.3 Å². The molecule has 12 heteroatoms. The number of halogens is 1. The van der Waals surface area contributed by atoms with Crippen molar-refractivity contribution in [3.8, 4) is 17.0 Å². The number of nitrogens with two attached hydrogens (primary N) is 1. The fourth-order valence-corrected chi connectivity index (χ4v) is 5.57. The Kier molecular flexibility index (Phi) is 7.84. The van der Waals surface area contributed by atoms with Crippen LogP contribution < -0.4 is 15.8 Å². The number of hydrogen-bond donors (Lipinski definition) is 3. The first-order chi connectivity index (χ1) is 22.2. The molecule has 0 saturated heterocycles. The summed E-state index contributed by atoms with van der Waals surface area (Å²) in [7, 11) is 0. The second-order valence-electron chi connectivity index (χ2n) is 12.2. The fraction of sp³-hybridized carbons (Fsp3) is 0.257. The van der Waals surface area contributed by atoms with E-state index in [1.165, 1.54) is 37.5 Å². The number of carbonyl (C=O) groups is 3. The minimum atomic E-state index is -1.64. The second kappa shape index (κ2) is 11.7. The number of benzene rings is 2. The first-order valence-corrected chi connectivity index (χ1v) is 14.9. The molecule has 0 radical (unpaired) electrons. The van der Waals surface area contributed by atoms with Gasteiger partial charge < -0.3 is 25.3 Å². The number of Topliss-reactive ketones (excluding diaryl/α,β-unsaturated/α-hetero) is 1. The van der Waals surface area contributed by atoms with Gasteiger partial charge >= 0.3 is 0 Å². The lowest BCUT2D eigenvalue weighted by atomic mass is 9.81. The molecule has 240 valence electrons. The van der Waals surface area contributed by atoms with Gasteiger partial charge in [-0.1, -0.05) is 0 Å². The fourth-order valence-electron chi connectivity index (χ4n) is 5.57. The van der Waals surface area contributed by atoms with Crippen LogP contribution in [0.2, 0.25) is 0 Å². The maximum Gasteiger partial charge on any atom is 0.277 e. The molecule has 0 spiro atoms. The Bertz CT molecular complexity index is 2070. The molecule has 3 aromatic heterocycles. The predicted molar refractivity (Wildman–Crippen MR) is 170 cm³/mol. The van der Waals surface area contributed by atoms with Gasteiger partial charge in [-0.25, -0.2) is 14.4 Å². The number of nitrogens with one attached hydrogen (secondary N) is 1. The minimum absolute atomic E-state index is 0.0247. The Labute approximate surface area is 269 Å². The standard InChI is InChI=1S/C35H32FN5O6/c1-18-11-22-12-21(13-25(29(22)38-15-18)40-32(43)26-16-46-19(2)39-26)27(42)9-10-35(4,45)28-14-24-31(47-17-34(24,3)33(37)44)30(41-28)20-5-7-23(36)8-6-20/h5-8,11-16,45H,9-10,17H2,1-4H3,(H2,37,44)(H,40,43)/t34-,35-/m0/s1. The number of amides is 2. The number of rotatable bonds is 9. The highest BCUT2D eigenvalue weighted by Gasteiger charge is 2.45. The van der Waals surface area contributed by atoms with Gasteiger partial charge in [0, 0.05) is 41.6 Å². The SMILES string of the molecule is Cc1cnc2c(NC(=O)c3coc(C)n3)cc(C(=O)CC[C@](C)(O)c3cc4c(c(-c5ccc(F)cc5)n3)OC[C@]4(C)C(N)=O)cc2c1. The van der Waals surface area contributed by atoms with Crippen molar-refractivity contribution in [3.05, 3.63) is 101 Å². The molecule has 2 aromatic carbocycles. The van der Waals surface area contributed by atoms with Gasteiger partial charge in [0.1, 0.15) is 41.1 Å². The van der Waals surface area contributed by atoms with E-state index < -0.39 is 28.6 Å². The first-order valence-electron chi connectivity index (χ1n) is 14.9. The number of primary amides is 1. The average Bonchev–Trinajstić information content (AvgIpc) is 3.63. The number of oxazole rings is 1. The molecule has 47 heavy (non-hydrogen) atoms. The summed E-state index contributed by atoms with van der Waals surface area (Å²) in [6.07, 6.45) is 2.77. The summed E-state index contributed by atoms with van der Waals surface area (Å²) in [6.45, 7) is 6.64. The van der Waals surface area contributed by atoms with Crippen LogP contribution in [0.25, 0.3) is 22.2 Å². The van der Waals surface area contributed by atoms with Crippen LogP contribution in [0.4, 0.5) is 10.1 Å². The minimum Gasteiger partial charge on any atom is -0.489 e. The third-order valence-corrected chi connectivity index (χ3v) is 8.47. The number of fused-ring (bicyclic) bond motifs is 2. The molecule has 4 N–H and O–H groups in total. The molecule has 1 aliphatic rings. The molecule has 5 aromatic rings. The number of aromatic nitrogens is 3. The van der Waals surface area contributed by atoms with E-state index in [-0.39, 0.29) is 36.6 Å². The third-order valence-electron chi connectivity index (χ3n) is 8.47. The summed E-state index contributed by atoms with van der Waals surface area (Å²) >= 11 is 0. The van der Waals surface area contributed by atoms with Crippen molar-refractivity contribution in [2.45, 2.75) is 51.6 Å². The topological polar surface area (TPSA) is 171 Å². The maximum absolute atomic E-state index is 13.7. The van der Waals surface area contributed by atoms with E-state index >= 15 is 0 Å². The van der Waals surface area contributed by atoms with Crippen LogP contribution in [-0.4, -0.2) is 44.3 Å². The summed E-state index contributed by atoms with van der Waals surface area (Å²) in [5.41, 5.74) is 6.44. The molecule has 11 nitrogen and oxygen atoms in total. The van der Waals surface area contributed by atoms with E-state index in [1.807, 2.05) is 13.0 Å². The lowest BCUT2D eigenvalue weighted by Crippen LogP contribution is -2.40. The van der Waals surface area contributed by atoms with Crippen molar-refractivity contribution in [1.82, 2.24) is 15.0 Å². The van der Waals surface area contributed by atoms with Crippen molar-refractivity contribution in [3.63, 3.8) is 0 Å². The highest BCUT2D eigenvalue weighted by atomic mass is 19.1. The lowest BCUT2D eigenvalue weighted by molar-refractivity contribution is -0.123. The van der Waals surface area contributed by atoms with Gasteiger partial charge in [-0.3, -0.25) is 19.4 Å². The van der Waals surface area contributed by atoms with E-state index in [0.717, 1.165) is 5.56 Å². The Balaban J connectivity index is 1.32. The monoisotopic (exact) mass is 637 g/mol. The molecule has 4 heterocycles. The largest absolute Gasteiger partial charge is 0.489 e. The number of ether oxygens (including phenoxy) is 1. The molecule has 0 bridgehead atoms. The van der Waals surface area contributed by atoms with Crippen LogP contribution in [0.15, 0.2) is 65.4 Å². The smallest absolute Gasteiger partial charge is 0.277 e. The summed E-state index contributed by atoms with van der Waals surface area (Å²) < 4.78 is 24.8. The number of carbonyl (C=O) groups excluding carboxylic acids is 3. The van der Waals surface area contributed by atoms with E-state index in [2.05, 4.69) is 20.3 Å². The van der Waals surface area contributed by atoms with Crippen LogP contribution in [0, 0.1) is 19.7 Å². The van der Waals surface area contributed by atoms with E-state index in [4.69, 9.17) is 14.9 Å². The molecule has 1 aliphatic heterocycles. The molecule has 0 unspecified atom stereocenters. The summed E-state index contributed by atoms with van der Waals surface area (Å²) in [4.78, 5) is 52.3. The van der Waals surface area contributed by atoms with Crippen LogP contribution in [0.3, 0.4) is 0 Å². The normalized spacial score (nSPS) is 16.7. The van der Waals surface area contributed by atoms with Crippen molar-refractivity contribution < 1.29 is 33.0 Å². The zero-order valence-electron chi connectivity index (χ0n) is 26.2. The number of nitrogens with zero attached hydrogens (tertiary/aromatic N) is 3. The number of aryl methyl sites for hydroxylation is 2. The van der Waals surface area contributed by atoms with Gasteiger partial charge in [0.25, 0.3) is 5.91 Å². The quantitative estimate of drug-likeness (QED) is 0.182. The molecule has 0 aliphatic carbocycles. The zero-order chi connectivity index (χ0) is 33.7. The van der Waals surface area contributed by atoms with Crippen LogP contribution >= 0.6 is 0 Å². The highest BCUT2D eigenvalue weighted by Crippen LogP contribution is 2.46. The van der Waals surface area contributed by atoms with Gasteiger partial charge in [-0.15, -0.1) is 0 Å². The van der Waals surface area contributed by atoms with Gasteiger partial charge in [0.05, 0.1) is 16.9 Å². The van der Waals surface area contributed by atoms with E-state index in [9.17, 15) is 23.9 Å². The lowest BCUT2D eigenvalue weighted by Gasteiger charge is -2.26. The first kappa shape index (κ1) is 31.5. The van der Waals surface area contributed by atoms with Crippen molar-refractivity contribution in [1.29, 1.82) is 0 Å². The highest BCUT2D eigenvalue weighted by molar-refractivity contribution is 6.10. The maximum atomic E-state index is 13.7. The number of pyridine rings is 2. The van der Waals surface area contributed by atoms with Crippen molar-refractivity contribution >= 4 is 34.2 Å². The zero-order valence-corrected chi connectivity index (χ0v) is 26.2. The Hall–Kier alpha value is -5.49. The Morgan fingerprint density at radius 2 is 1.85 bits per heavy atom. The summed E-state index contributed by atoms with van der Waals surface area (Å²) in [5.74, 6) is -1.22. The van der Waals surface area contributed by atoms with Crippen LogP contribution in [0.5, 0.6) is 5.75 Å². The summed E-state index contributed by atoms with van der Waals surface area (Å²) in [6, 6.07) is 12.3. The molecule has 2 atom stereocenters. The van der Waals surface area contributed by atoms with E-state index in [0.29, 0.717) is 50.6 Å². The van der Waals surface area contributed by atoms with Crippen molar-refractivity contribution in [2.75, 3.05) is 11.9 Å². The number of anilines is 1. The Morgan fingerprint density at radius 3 is 2.53 bits per heavy atom. The van der Waals surface area contributed by atoms with Crippen molar-refractivity contribution in [2.24, 2.45) is 5.73 Å². The number of ketones is 1. The predicted octanol–water partition coefficient (Wildman–Crippen LogP) is 5.30. The van der Waals surface area contributed by atoms with Crippen LogP contribution in [-0.2, 0) is 15.8 Å². The Morgan fingerprint density at radius 1 is 1.11 bits per heavy atom. The number of hydrogen-bond acceptors (Lipinski definition) is 9. The molecule has 0 fully saturated rings. The average molecular weight is 638 g/mol. The molecule has 2 amide bonds. The molecular formula is C35H32FN5O6. The van der Waals surface area contributed by atoms with Gasteiger partial charge in [-0.2, -0.15) is 0 Å². The molecule has 0 saturated carbocycles. The molecular weight excluding hydrogens is 605 g/mol. The molecule has 6 rings (SSSR count). The second-order valence-corrected chi connectivity index (χ2v) is 12.2.